The lowest BCUT2D eigenvalue weighted by Gasteiger charge is -2.02. The summed E-state index contributed by atoms with van der Waals surface area (Å²) in [7, 11) is 1.62. The minimum absolute atomic E-state index is 0.523. The Balaban J connectivity index is 1.65. The molecule has 0 aliphatic carbocycles. The van der Waals surface area contributed by atoms with Crippen LogP contribution in [0.1, 0.15) is 18.0 Å². The number of hydrogen-bond donors (Lipinski definition) is 0. The zero-order chi connectivity index (χ0) is 15.9. The molecule has 0 radical (unpaired) electrons. The highest BCUT2D eigenvalue weighted by atomic mass is 16.5. The van der Waals surface area contributed by atoms with Gasteiger partial charge in [0.1, 0.15) is 11.4 Å². The van der Waals surface area contributed by atoms with Crippen LogP contribution >= 0.6 is 0 Å². The van der Waals surface area contributed by atoms with Crippen LogP contribution in [0.4, 0.5) is 0 Å². The lowest BCUT2D eigenvalue weighted by atomic mass is 10.2. The summed E-state index contributed by atoms with van der Waals surface area (Å²) in [6, 6.07) is 13.2. The molecule has 5 nitrogen and oxygen atoms in total. The van der Waals surface area contributed by atoms with Crippen molar-refractivity contribution in [3.63, 3.8) is 0 Å². The zero-order valence-corrected chi connectivity index (χ0v) is 12.7. The SMILES string of the molecule is COc1ccccc1-c1noc(CCC#Cc2ccccn2)n1. The van der Waals surface area contributed by atoms with Crippen LogP contribution in [0.3, 0.4) is 0 Å². The van der Waals surface area contributed by atoms with E-state index in [0.717, 1.165) is 17.0 Å². The van der Waals surface area contributed by atoms with Crippen LogP contribution in [0.15, 0.2) is 53.2 Å². The molecule has 1 aromatic carbocycles. The van der Waals surface area contributed by atoms with Gasteiger partial charge in [-0.2, -0.15) is 4.98 Å². The van der Waals surface area contributed by atoms with Crippen LogP contribution < -0.4 is 4.74 Å². The van der Waals surface area contributed by atoms with Crippen molar-refractivity contribution in [3.8, 4) is 29.0 Å². The van der Waals surface area contributed by atoms with Gasteiger partial charge in [-0.3, -0.25) is 0 Å². The maximum atomic E-state index is 5.31. The monoisotopic (exact) mass is 305 g/mol. The summed E-state index contributed by atoms with van der Waals surface area (Å²) in [5.74, 6) is 7.85. The van der Waals surface area contributed by atoms with Crippen molar-refractivity contribution in [2.45, 2.75) is 12.8 Å². The fraction of sp³-hybridized carbons (Fsp3) is 0.167. The minimum Gasteiger partial charge on any atom is -0.496 e. The van der Waals surface area contributed by atoms with Gasteiger partial charge in [0.05, 0.1) is 12.7 Å². The molecule has 0 amide bonds. The Kier molecular flexibility index (Phi) is 4.65. The third kappa shape index (κ3) is 3.74. The molecule has 0 spiro atoms. The summed E-state index contributed by atoms with van der Waals surface area (Å²) in [4.78, 5) is 8.54. The highest BCUT2D eigenvalue weighted by Gasteiger charge is 2.12. The number of nitrogens with zero attached hydrogens (tertiary/aromatic N) is 3. The van der Waals surface area contributed by atoms with Gasteiger partial charge in [0, 0.05) is 19.0 Å². The number of benzene rings is 1. The second kappa shape index (κ2) is 7.23. The second-order valence-corrected chi connectivity index (χ2v) is 4.73. The number of methoxy groups -OCH3 is 1. The number of ether oxygens (including phenoxy) is 1. The Morgan fingerprint density at radius 1 is 1.13 bits per heavy atom. The van der Waals surface area contributed by atoms with Crippen molar-refractivity contribution in [2.24, 2.45) is 0 Å². The highest BCUT2D eigenvalue weighted by Crippen LogP contribution is 2.27. The number of rotatable bonds is 4. The van der Waals surface area contributed by atoms with E-state index in [-0.39, 0.29) is 0 Å². The molecule has 0 saturated heterocycles. The van der Waals surface area contributed by atoms with E-state index >= 15 is 0 Å². The average Bonchev–Trinajstić information content (AvgIpc) is 3.08. The molecule has 5 heteroatoms. The van der Waals surface area contributed by atoms with Gasteiger partial charge in [-0.1, -0.05) is 29.3 Å². The summed E-state index contributed by atoms with van der Waals surface area (Å²) in [6.07, 6.45) is 2.95. The molecular weight excluding hydrogens is 290 g/mol. The van der Waals surface area contributed by atoms with Crippen LogP contribution in [-0.2, 0) is 6.42 Å². The standard InChI is InChI=1S/C18H15N3O2/c1-22-16-11-4-3-10-15(16)18-20-17(23-21-18)12-5-2-8-14-9-6-7-13-19-14/h3-4,6-7,9-11,13H,5,12H2,1H3. The van der Waals surface area contributed by atoms with Crippen molar-refractivity contribution < 1.29 is 9.26 Å². The molecule has 3 aromatic rings. The predicted octanol–water partition coefficient (Wildman–Crippen LogP) is 3.12. The quantitative estimate of drug-likeness (QED) is 0.693. The number of aromatic nitrogens is 3. The molecule has 2 aromatic heterocycles. The molecular formula is C18H15N3O2. The molecule has 23 heavy (non-hydrogen) atoms. The Labute approximate surface area is 134 Å². The molecule has 114 valence electrons. The first-order chi connectivity index (χ1) is 11.4. The van der Waals surface area contributed by atoms with Crippen LogP contribution in [0.2, 0.25) is 0 Å². The molecule has 0 bridgehead atoms. The molecule has 0 unspecified atom stereocenters. The molecule has 0 saturated carbocycles. The predicted molar refractivity (Wildman–Crippen MR) is 85.7 cm³/mol. The van der Waals surface area contributed by atoms with Gasteiger partial charge in [0.25, 0.3) is 0 Å². The summed E-state index contributed by atoms with van der Waals surface area (Å²) in [5.41, 5.74) is 1.57. The van der Waals surface area contributed by atoms with Gasteiger partial charge < -0.3 is 9.26 Å². The Hall–Kier alpha value is -3.13. The first kappa shape index (κ1) is 14.8. The van der Waals surface area contributed by atoms with Gasteiger partial charge in [-0.25, -0.2) is 4.98 Å². The lowest BCUT2D eigenvalue weighted by molar-refractivity contribution is 0.379. The minimum atomic E-state index is 0.523. The van der Waals surface area contributed by atoms with Crippen molar-refractivity contribution in [1.82, 2.24) is 15.1 Å². The van der Waals surface area contributed by atoms with Gasteiger partial charge in [-0.15, -0.1) is 0 Å². The van der Waals surface area contributed by atoms with Gasteiger partial charge in [-0.05, 0) is 30.2 Å². The Morgan fingerprint density at radius 3 is 2.83 bits per heavy atom. The molecule has 0 atom stereocenters. The first-order valence-electron chi connectivity index (χ1n) is 7.22. The fourth-order valence-electron chi connectivity index (χ4n) is 2.05. The van der Waals surface area contributed by atoms with Gasteiger partial charge in [0.2, 0.25) is 11.7 Å². The van der Waals surface area contributed by atoms with E-state index in [1.165, 1.54) is 0 Å². The average molecular weight is 305 g/mol. The van der Waals surface area contributed by atoms with Crippen LogP contribution in [0, 0.1) is 11.8 Å². The van der Waals surface area contributed by atoms with Crippen molar-refractivity contribution in [1.29, 1.82) is 0 Å². The topological polar surface area (TPSA) is 61.0 Å². The number of para-hydroxylation sites is 1. The van der Waals surface area contributed by atoms with Crippen molar-refractivity contribution in [3.05, 3.63) is 60.2 Å². The Morgan fingerprint density at radius 2 is 2.00 bits per heavy atom. The van der Waals surface area contributed by atoms with E-state index in [1.807, 2.05) is 42.5 Å². The van der Waals surface area contributed by atoms with Crippen LogP contribution in [0.25, 0.3) is 11.4 Å². The number of aryl methyl sites for hydroxylation is 1. The number of hydrogen-bond acceptors (Lipinski definition) is 5. The van der Waals surface area contributed by atoms with E-state index in [2.05, 4.69) is 27.0 Å². The maximum Gasteiger partial charge on any atom is 0.227 e. The van der Waals surface area contributed by atoms with E-state index in [4.69, 9.17) is 9.26 Å². The normalized spacial score (nSPS) is 9.96. The summed E-state index contributed by atoms with van der Waals surface area (Å²) in [5, 5.41) is 4.01. The van der Waals surface area contributed by atoms with E-state index in [1.54, 1.807) is 13.3 Å². The fourth-order valence-corrected chi connectivity index (χ4v) is 2.05. The van der Waals surface area contributed by atoms with Crippen molar-refractivity contribution >= 4 is 0 Å². The molecule has 0 N–H and O–H groups in total. The molecule has 2 heterocycles. The third-order valence-electron chi connectivity index (χ3n) is 3.16. The van der Waals surface area contributed by atoms with Crippen LogP contribution in [0.5, 0.6) is 5.75 Å². The lowest BCUT2D eigenvalue weighted by Crippen LogP contribution is -1.89. The van der Waals surface area contributed by atoms with Crippen LogP contribution in [-0.4, -0.2) is 22.2 Å². The smallest absolute Gasteiger partial charge is 0.227 e. The molecule has 0 fully saturated rings. The van der Waals surface area contributed by atoms with Gasteiger partial charge in [0.15, 0.2) is 0 Å². The van der Waals surface area contributed by atoms with Crippen molar-refractivity contribution in [2.75, 3.05) is 7.11 Å². The van der Waals surface area contributed by atoms with E-state index in [9.17, 15) is 0 Å². The molecule has 0 aliphatic rings. The first-order valence-corrected chi connectivity index (χ1v) is 7.22. The second-order valence-electron chi connectivity index (χ2n) is 4.73. The zero-order valence-electron chi connectivity index (χ0n) is 12.7. The summed E-state index contributed by atoms with van der Waals surface area (Å²) in [6.45, 7) is 0. The maximum absolute atomic E-state index is 5.31. The van der Waals surface area contributed by atoms with E-state index in [0.29, 0.717) is 24.6 Å². The largest absolute Gasteiger partial charge is 0.496 e. The molecule has 3 rings (SSSR count). The molecule has 0 aliphatic heterocycles. The highest BCUT2D eigenvalue weighted by molar-refractivity contribution is 5.63. The van der Waals surface area contributed by atoms with E-state index < -0.39 is 0 Å². The Bertz CT molecular complexity index is 832. The number of pyridine rings is 1. The summed E-state index contributed by atoms with van der Waals surface area (Å²) < 4.78 is 10.6. The third-order valence-corrected chi connectivity index (χ3v) is 3.16. The summed E-state index contributed by atoms with van der Waals surface area (Å²) >= 11 is 0. The van der Waals surface area contributed by atoms with Gasteiger partial charge >= 0.3 is 0 Å².